The maximum absolute atomic E-state index is 13.1. The van der Waals surface area contributed by atoms with Gasteiger partial charge in [-0.1, -0.05) is 11.6 Å². The lowest BCUT2D eigenvalue weighted by molar-refractivity contribution is -0.148. The van der Waals surface area contributed by atoms with Crippen molar-refractivity contribution in [1.82, 2.24) is 14.7 Å². The minimum Gasteiger partial charge on any atom is -0.391 e. The van der Waals surface area contributed by atoms with E-state index < -0.39 is 52.8 Å². The van der Waals surface area contributed by atoms with Gasteiger partial charge in [0.05, 0.1) is 23.2 Å². The average molecular weight is 594 g/mol. The SMILES string of the molecule is C[C@@H]1C(=O)N(CCCC(=O)N2CCC3(CC3)[C@H](O)C2)C(C(N)=O)CN1C(=O)Nc1ccc(C(F)(F)F)c(Cl)c1.F. The summed E-state index contributed by atoms with van der Waals surface area (Å²) < 4.78 is 38.9. The van der Waals surface area contributed by atoms with E-state index in [1.54, 1.807) is 4.90 Å². The fourth-order valence-corrected chi connectivity index (χ4v) is 5.59. The molecule has 0 aromatic heterocycles. The van der Waals surface area contributed by atoms with Gasteiger partial charge in [0.15, 0.2) is 0 Å². The summed E-state index contributed by atoms with van der Waals surface area (Å²) in [7, 11) is 0. The minimum atomic E-state index is -4.66. The number of β-amino-alcohol motifs (C(OH)–C–C–N with tert-alkyl or cyclic N) is 1. The highest BCUT2D eigenvalue weighted by molar-refractivity contribution is 6.31. The highest BCUT2D eigenvalue weighted by Crippen LogP contribution is 2.53. The first kappa shape index (κ1) is 31.4. The second-order valence-electron chi connectivity index (χ2n) is 10.5. The zero-order valence-electron chi connectivity index (χ0n) is 21.7. The number of urea groups is 1. The van der Waals surface area contributed by atoms with Gasteiger partial charge in [-0.05, 0) is 56.2 Å². The van der Waals surface area contributed by atoms with Gasteiger partial charge in [-0.2, -0.15) is 13.2 Å². The van der Waals surface area contributed by atoms with Crippen LogP contribution < -0.4 is 11.1 Å². The molecule has 5 amide bonds. The number of carbonyl (C=O) groups is 4. The molecule has 4 N–H and O–H groups in total. The molecule has 0 bridgehead atoms. The second kappa shape index (κ2) is 11.8. The molecule has 1 aromatic rings. The van der Waals surface area contributed by atoms with E-state index in [1.807, 2.05) is 0 Å². The summed E-state index contributed by atoms with van der Waals surface area (Å²) in [5.74, 6) is -1.54. The lowest BCUT2D eigenvalue weighted by Crippen LogP contribution is -2.66. The number of carbonyl (C=O) groups excluding carboxylic acids is 4. The monoisotopic (exact) mass is 593 g/mol. The van der Waals surface area contributed by atoms with Gasteiger partial charge in [0.1, 0.15) is 12.1 Å². The summed E-state index contributed by atoms with van der Waals surface area (Å²) in [6.07, 6.45) is -2.10. The summed E-state index contributed by atoms with van der Waals surface area (Å²) in [5.41, 5.74) is 4.42. The zero-order chi connectivity index (χ0) is 28.7. The van der Waals surface area contributed by atoms with Crippen molar-refractivity contribution in [3.8, 4) is 0 Å². The van der Waals surface area contributed by atoms with Gasteiger partial charge in [0.25, 0.3) is 0 Å². The molecule has 15 heteroatoms. The van der Waals surface area contributed by atoms with E-state index in [9.17, 15) is 37.5 Å². The summed E-state index contributed by atoms with van der Waals surface area (Å²) in [4.78, 5) is 54.9. The number of halogens is 5. The summed E-state index contributed by atoms with van der Waals surface area (Å²) in [6.45, 7) is 2.15. The number of piperazine rings is 1. The molecule has 1 unspecified atom stereocenters. The van der Waals surface area contributed by atoms with Crippen LogP contribution in [0.2, 0.25) is 5.02 Å². The maximum Gasteiger partial charge on any atom is 0.417 e. The predicted molar refractivity (Wildman–Crippen MR) is 137 cm³/mol. The number of alkyl halides is 3. The third kappa shape index (κ3) is 6.43. The number of nitrogens with one attached hydrogen (secondary N) is 1. The molecule has 2 aliphatic heterocycles. The molecule has 1 aliphatic carbocycles. The number of nitrogens with zero attached hydrogens (tertiary/aromatic N) is 3. The molecule has 10 nitrogen and oxygen atoms in total. The number of nitrogens with two attached hydrogens (primary N) is 1. The van der Waals surface area contributed by atoms with E-state index in [4.69, 9.17) is 17.3 Å². The Morgan fingerprint density at radius 3 is 2.42 bits per heavy atom. The molecule has 1 aromatic carbocycles. The molecule has 222 valence electrons. The predicted octanol–water partition coefficient (Wildman–Crippen LogP) is 2.58. The number of benzene rings is 1. The van der Waals surface area contributed by atoms with E-state index in [-0.39, 0.29) is 54.2 Å². The van der Waals surface area contributed by atoms with Crippen LogP contribution in [0.15, 0.2) is 18.2 Å². The first-order chi connectivity index (χ1) is 18.2. The number of amides is 5. The number of hydrogen-bond acceptors (Lipinski definition) is 5. The number of primary amides is 1. The van der Waals surface area contributed by atoms with Crippen molar-refractivity contribution in [2.75, 3.05) is 31.5 Å². The zero-order valence-corrected chi connectivity index (χ0v) is 22.5. The standard InChI is InChI=1S/C25H31ClF3N5O5.FH/c1-14-22(38)33(9-2-3-20(36)32-10-8-24(6-7-24)19(35)13-32)18(21(30)37)12-34(14)23(39)31-15-4-5-16(17(26)11-15)25(27,28)29;/h4-5,11,14,18-19,35H,2-3,6-10,12-13H2,1H3,(H2,30,37)(H,31,39);1H/t14-,18?,19-;/m1./s1. The number of piperidine rings is 1. The number of aliphatic hydroxyl groups is 1. The van der Waals surface area contributed by atoms with Crippen molar-refractivity contribution in [3.63, 3.8) is 0 Å². The van der Waals surface area contributed by atoms with Crippen LogP contribution >= 0.6 is 11.6 Å². The lowest BCUT2D eigenvalue weighted by atomic mass is 9.90. The Hall–Kier alpha value is -3.13. The number of rotatable bonds is 6. The molecule has 4 rings (SSSR count). The third-order valence-electron chi connectivity index (χ3n) is 7.98. The molecule has 3 atom stereocenters. The second-order valence-corrected chi connectivity index (χ2v) is 10.9. The van der Waals surface area contributed by atoms with Crippen LogP contribution in [0.4, 0.5) is 28.4 Å². The van der Waals surface area contributed by atoms with E-state index in [1.165, 1.54) is 11.8 Å². The van der Waals surface area contributed by atoms with Crippen molar-refractivity contribution in [1.29, 1.82) is 0 Å². The maximum atomic E-state index is 13.1. The van der Waals surface area contributed by atoms with Crippen molar-refractivity contribution < 1.29 is 42.2 Å². The van der Waals surface area contributed by atoms with E-state index in [0.717, 1.165) is 42.4 Å². The molecule has 2 saturated heterocycles. The summed E-state index contributed by atoms with van der Waals surface area (Å²) in [5, 5.41) is 12.1. The van der Waals surface area contributed by atoms with Crippen LogP contribution in [0, 0.1) is 5.41 Å². The fraction of sp³-hybridized carbons (Fsp3) is 0.600. The van der Waals surface area contributed by atoms with Crippen molar-refractivity contribution in [2.24, 2.45) is 11.1 Å². The Labute approximate surface area is 232 Å². The third-order valence-corrected chi connectivity index (χ3v) is 8.30. The first-order valence-corrected chi connectivity index (χ1v) is 13.1. The number of likely N-dealkylation sites (tertiary alicyclic amines) is 1. The van der Waals surface area contributed by atoms with Crippen molar-refractivity contribution >= 4 is 41.0 Å². The largest absolute Gasteiger partial charge is 0.417 e. The highest BCUT2D eigenvalue weighted by Gasteiger charge is 2.51. The summed E-state index contributed by atoms with van der Waals surface area (Å²) >= 11 is 5.72. The smallest absolute Gasteiger partial charge is 0.391 e. The Morgan fingerprint density at radius 2 is 1.88 bits per heavy atom. The first-order valence-electron chi connectivity index (χ1n) is 12.7. The van der Waals surface area contributed by atoms with Crippen LogP contribution in [0.25, 0.3) is 0 Å². The van der Waals surface area contributed by atoms with Crippen LogP contribution in [0.1, 0.15) is 44.6 Å². The van der Waals surface area contributed by atoms with Gasteiger partial charge in [-0.15, -0.1) is 0 Å². The fourth-order valence-electron chi connectivity index (χ4n) is 5.30. The number of aliphatic hydroxyl groups excluding tert-OH is 1. The highest BCUT2D eigenvalue weighted by atomic mass is 35.5. The Morgan fingerprint density at radius 1 is 1.20 bits per heavy atom. The van der Waals surface area contributed by atoms with Gasteiger partial charge < -0.3 is 30.9 Å². The quantitative estimate of drug-likeness (QED) is 0.436. The molecule has 1 spiro atoms. The van der Waals surface area contributed by atoms with Crippen LogP contribution in [0.3, 0.4) is 0 Å². The minimum absolute atomic E-state index is 0. The topological polar surface area (TPSA) is 136 Å². The van der Waals surface area contributed by atoms with Gasteiger partial charge >= 0.3 is 12.2 Å². The summed E-state index contributed by atoms with van der Waals surface area (Å²) in [6, 6.07) is -0.273. The van der Waals surface area contributed by atoms with Crippen molar-refractivity contribution in [3.05, 3.63) is 28.8 Å². The van der Waals surface area contributed by atoms with Crippen LogP contribution in [0.5, 0.6) is 0 Å². The van der Waals surface area contributed by atoms with Gasteiger partial charge in [-0.3, -0.25) is 19.1 Å². The normalized spacial score (nSPS) is 24.0. The average Bonchev–Trinajstić information content (AvgIpc) is 3.63. The van der Waals surface area contributed by atoms with E-state index in [0.29, 0.717) is 6.54 Å². The van der Waals surface area contributed by atoms with Gasteiger partial charge in [0, 0.05) is 31.7 Å². The van der Waals surface area contributed by atoms with Gasteiger partial charge in [-0.25, -0.2) is 4.79 Å². The van der Waals surface area contributed by atoms with Crippen molar-refractivity contribution in [2.45, 2.75) is 63.4 Å². The molecule has 40 heavy (non-hydrogen) atoms. The molecular weight excluding hydrogens is 562 g/mol. The molecule has 0 radical (unpaired) electrons. The van der Waals surface area contributed by atoms with Crippen LogP contribution in [-0.4, -0.2) is 87.9 Å². The van der Waals surface area contributed by atoms with Gasteiger partial charge in [0.2, 0.25) is 17.7 Å². The molecule has 1 saturated carbocycles. The van der Waals surface area contributed by atoms with E-state index in [2.05, 4.69) is 5.32 Å². The molecule has 2 heterocycles. The number of anilines is 1. The molecule has 3 aliphatic rings. The van der Waals surface area contributed by atoms with Crippen LogP contribution in [-0.2, 0) is 20.6 Å². The Balaban J connectivity index is 0.00000441. The number of hydrogen-bond donors (Lipinski definition) is 3. The lowest BCUT2D eigenvalue weighted by Gasteiger charge is -2.43. The Bertz CT molecular complexity index is 1160. The Kier molecular flexibility index (Phi) is 9.24. The molecular formula is C25H32ClF4N5O5. The molecule has 3 fully saturated rings. The van der Waals surface area contributed by atoms with E-state index >= 15 is 0 Å².